The second kappa shape index (κ2) is 9.12. The Morgan fingerprint density at radius 1 is 1.35 bits per heavy atom. The number of esters is 1. The minimum Gasteiger partial charge on any atom is -0.493 e. The molecule has 1 aromatic carbocycles. The minimum atomic E-state index is -0.420. The SMILES string of the molecule is C=C(C)C(=O)OC(C)c1cc(I)c(OC(C)OCC)c(OC)c1. The highest BCUT2D eigenvalue weighted by Crippen LogP contribution is 2.37. The summed E-state index contributed by atoms with van der Waals surface area (Å²) in [5.41, 5.74) is 1.18. The third-order valence-electron chi connectivity index (χ3n) is 3.04. The summed E-state index contributed by atoms with van der Waals surface area (Å²) < 4.78 is 22.8. The Balaban J connectivity index is 3.03. The third kappa shape index (κ3) is 5.69. The Labute approximate surface area is 151 Å². The molecule has 0 aromatic heterocycles. The number of ether oxygens (including phenoxy) is 4. The summed E-state index contributed by atoms with van der Waals surface area (Å²) >= 11 is 2.16. The van der Waals surface area contributed by atoms with Crippen molar-refractivity contribution in [2.45, 2.75) is 40.1 Å². The molecule has 0 N–H and O–H groups in total. The van der Waals surface area contributed by atoms with Crippen LogP contribution in [-0.4, -0.2) is 26.0 Å². The van der Waals surface area contributed by atoms with E-state index in [1.807, 2.05) is 19.9 Å². The van der Waals surface area contributed by atoms with Gasteiger partial charge < -0.3 is 18.9 Å². The molecule has 23 heavy (non-hydrogen) atoms. The van der Waals surface area contributed by atoms with Crippen molar-refractivity contribution in [1.29, 1.82) is 0 Å². The quantitative estimate of drug-likeness (QED) is 0.265. The smallest absolute Gasteiger partial charge is 0.333 e. The highest BCUT2D eigenvalue weighted by molar-refractivity contribution is 14.1. The molecular weight excluding hydrogens is 411 g/mol. The largest absolute Gasteiger partial charge is 0.493 e. The Hall–Kier alpha value is -1.28. The molecule has 6 heteroatoms. The summed E-state index contributed by atoms with van der Waals surface area (Å²) in [5.74, 6) is 0.754. The Morgan fingerprint density at radius 3 is 2.52 bits per heavy atom. The molecule has 0 aliphatic carbocycles. The number of methoxy groups -OCH3 is 1. The average molecular weight is 434 g/mol. The van der Waals surface area contributed by atoms with Crippen molar-refractivity contribution in [2.24, 2.45) is 0 Å². The standard InChI is InChI=1S/C17H23IO5/c1-7-21-12(5)23-16-14(18)8-13(9-15(16)20-6)11(4)22-17(19)10(2)3/h8-9,11-12H,2,7H2,1,3-6H3. The maximum absolute atomic E-state index is 11.7. The van der Waals surface area contributed by atoms with Gasteiger partial charge in [-0.15, -0.1) is 0 Å². The van der Waals surface area contributed by atoms with Crippen LogP contribution in [0, 0.1) is 3.57 Å². The van der Waals surface area contributed by atoms with Crippen LogP contribution in [0.15, 0.2) is 24.3 Å². The van der Waals surface area contributed by atoms with E-state index in [1.54, 1.807) is 27.0 Å². The molecule has 1 rings (SSSR count). The van der Waals surface area contributed by atoms with Crippen molar-refractivity contribution in [3.05, 3.63) is 33.4 Å². The minimum absolute atomic E-state index is 0.365. The highest BCUT2D eigenvalue weighted by atomic mass is 127. The zero-order valence-electron chi connectivity index (χ0n) is 14.1. The number of rotatable bonds is 8. The molecule has 0 aliphatic heterocycles. The molecule has 1 aromatic rings. The molecular formula is C17H23IO5. The normalized spacial score (nSPS) is 13.1. The predicted octanol–water partition coefficient (Wildman–Crippen LogP) is 4.24. The van der Waals surface area contributed by atoms with Gasteiger partial charge in [0.05, 0.1) is 10.7 Å². The lowest BCUT2D eigenvalue weighted by Crippen LogP contribution is -2.17. The van der Waals surface area contributed by atoms with Crippen molar-refractivity contribution in [3.8, 4) is 11.5 Å². The van der Waals surface area contributed by atoms with E-state index >= 15 is 0 Å². The second-order valence-corrected chi connectivity index (χ2v) is 6.16. The molecule has 128 valence electrons. The van der Waals surface area contributed by atoms with Crippen molar-refractivity contribution in [1.82, 2.24) is 0 Å². The molecule has 0 aliphatic rings. The molecule has 2 atom stereocenters. The van der Waals surface area contributed by atoms with Crippen LogP contribution in [-0.2, 0) is 14.3 Å². The molecule has 5 nitrogen and oxygen atoms in total. The first-order valence-corrected chi connectivity index (χ1v) is 8.40. The number of benzene rings is 1. The summed E-state index contributed by atoms with van der Waals surface area (Å²) in [6, 6.07) is 3.69. The fourth-order valence-corrected chi connectivity index (χ4v) is 2.61. The molecule has 0 bridgehead atoms. The van der Waals surface area contributed by atoms with E-state index in [1.165, 1.54) is 0 Å². The monoisotopic (exact) mass is 434 g/mol. The maximum atomic E-state index is 11.7. The second-order valence-electron chi connectivity index (χ2n) is 5.00. The van der Waals surface area contributed by atoms with Crippen LogP contribution in [0.5, 0.6) is 11.5 Å². The zero-order valence-corrected chi connectivity index (χ0v) is 16.3. The maximum Gasteiger partial charge on any atom is 0.333 e. The lowest BCUT2D eigenvalue weighted by molar-refractivity contribution is -0.143. The van der Waals surface area contributed by atoms with Crippen LogP contribution >= 0.6 is 22.6 Å². The first-order valence-electron chi connectivity index (χ1n) is 7.32. The third-order valence-corrected chi connectivity index (χ3v) is 3.84. The lowest BCUT2D eigenvalue weighted by atomic mass is 10.1. The summed E-state index contributed by atoms with van der Waals surface area (Å²) in [7, 11) is 1.57. The van der Waals surface area contributed by atoms with Crippen molar-refractivity contribution in [3.63, 3.8) is 0 Å². The molecule has 0 saturated heterocycles. The number of hydrogen-bond donors (Lipinski definition) is 0. The van der Waals surface area contributed by atoms with Crippen LogP contribution < -0.4 is 9.47 Å². The Bertz CT molecular complexity index is 570. The van der Waals surface area contributed by atoms with Gasteiger partial charge in [0.1, 0.15) is 6.10 Å². The molecule has 0 heterocycles. The van der Waals surface area contributed by atoms with Gasteiger partial charge in [0.25, 0.3) is 0 Å². The van der Waals surface area contributed by atoms with E-state index in [-0.39, 0.29) is 6.29 Å². The van der Waals surface area contributed by atoms with Gasteiger partial charge in [-0.3, -0.25) is 0 Å². The van der Waals surface area contributed by atoms with E-state index < -0.39 is 12.1 Å². The van der Waals surface area contributed by atoms with Crippen LogP contribution in [0.1, 0.15) is 39.4 Å². The molecule has 0 fully saturated rings. The first-order chi connectivity index (χ1) is 10.8. The number of carbonyl (C=O) groups is 1. The van der Waals surface area contributed by atoms with Crippen LogP contribution in [0.3, 0.4) is 0 Å². The van der Waals surface area contributed by atoms with Gasteiger partial charge in [0.2, 0.25) is 0 Å². The van der Waals surface area contributed by atoms with Crippen LogP contribution in [0.25, 0.3) is 0 Å². The lowest BCUT2D eigenvalue weighted by Gasteiger charge is -2.20. The van der Waals surface area contributed by atoms with Crippen molar-refractivity contribution >= 4 is 28.6 Å². The summed E-state index contributed by atoms with van der Waals surface area (Å²) in [6.45, 7) is 11.3. The average Bonchev–Trinajstić information content (AvgIpc) is 2.48. The summed E-state index contributed by atoms with van der Waals surface area (Å²) in [6.07, 6.45) is -0.799. The van der Waals surface area contributed by atoms with E-state index in [0.717, 1.165) is 9.13 Å². The number of hydrogen-bond acceptors (Lipinski definition) is 5. The van der Waals surface area contributed by atoms with Gasteiger partial charge in [0, 0.05) is 12.2 Å². The fourth-order valence-electron chi connectivity index (χ4n) is 1.85. The van der Waals surface area contributed by atoms with Gasteiger partial charge in [-0.1, -0.05) is 6.58 Å². The van der Waals surface area contributed by atoms with E-state index in [4.69, 9.17) is 18.9 Å². The molecule has 0 spiro atoms. The molecule has 0 saturated carbocycles. The molecule has 0 radical (unpaired) electrons. The summed E-state index contributed by atoms with van der Waals surface area (Å²) in [5, 5.41) is 0. The first kappa shape index (κ1) is 19.8. The van der Waals surface area contributed by atoms with Gasteiger partial charge in [-0.05, 0) is 68.0 Å². The van der Waals surface area contributed by atoms with Gasteiger partial charge in [-0.2, -0.15) is 0 Å². The van der Waals surface area contributed by atoms with Gasteiger partial charge in [-0.25, -0.2) is 4.79 Å². The van der Waals surface area contributed by atoms with Crippen LogP contribution in [0.4, 0.5) is 0 Å². The van der Waals surface area contributed by atoms with Gasteiger partial charge in [0.15, 0.2) is 17.8 Å². The number of halogens is 1. The topological polar surface area (TPSA) is 54.0 Å². The van der Waals surface area contributed by atoms with Gasteiger partial charge >= 0.3 is 5.97 Å². The van der Waals surface area contributed by atoms with E-state index in [0.29, 0.717) is 23.7 Å². The predicted molar refractivity (Wildman–Crippen MR) is 96.7 cm³/mol. The highest BCUT2D eigenvalue weighted by Gasteiger charge is 2.19. The Morgan fingerprint density at radius 2 is 2.00 bits per heavy atom. The van der Waals surface area contributed by atoms with Crippen LogP contribution in [0.2, 0.25) is 0 Å². The Kier molecular flexibility index (Phi) is 7.84. The van der Waals surface area contributed by atoms with E-state index in [2.05, 4.69) is 29.2 Å². The number of carbonyl (C=O) groups excluding carboxylic acids is 1. The molecule has 2 unspecified atom stereocenters. The zero-order chi connectivity index (χ0) is 17.6. The van der Waals surface area contributed by atoms with Crippen molar-refractivity contribution < 1.29 is 23.7 Å². The van der Waals surface area contributed by atoms with Crippen molar-refractivity contribution in [2.75, 3.05) is 13.7 Å². The summed E-state index contributed by atoms with van der Waals surface area (Å²) in [4.78, 5) is 11.7. The fraction of sp³-hybridized carbons (Fsp3) is 0.471. The van der Waals surface area contributed by atoms with E-state index in [9.17, 15) is 4.79 Å². The molecule has 0 amide bonds.